The van der Waals surface area contributed by atoms with Gasteiger partial charge in [0.1, 0.15) is 6.17 Å². The highest BCUT2D eigenvalue weighted by molar-refractivity contribution is 5.27. The van der Waals surface area contributed by atoms with Gasteiger partial charge < -0.3 is 4.85 Å². The van der Waals surface area contributed by atoms with Crippen LogP contribution < -0.4 is 0 Å². The first-order valence-electron chi connectivity index (χ1n) is 4.28. The van der Waals surface area contributed by atoms with E-state index >= 15 is 0 Å². The van der Waals surface area contributed by atoms with E-state index in [1.807, 2.05) is 25.1 Å². The summed E-state index contributed by atoms with van der Waals surface area (Å²) in [6.45, 7) is 8.72. The second-order valence-corrected chi connectivity index (χ2v) is 2.99. The minimum atomic E-state index is -0.990. The van der Waals surface area contributed by atoms with Crippen molar-refractivity contribution >= 4 is 0 Å². The molecule has 0 saturated carbocycles. The summed E-state index contributed by atoms with van der Waals surface area (Å²) in [5.41, 5.74) is 1.67. The first kappa shape index (κ1) is 9.73. The quantitative estimate of drug-likeness (QED) is 0.624. The van der Waals surface area contributed by atoms with Crippen molar-refractivity contribution in [2.24, 2.45) is 0 Å². The molecule has 68 valence electrons. The predicted octanol–water partition coefficient (Wildman–Crippen LogP) is 3.32. The van der Waals surface area contributed by atoms with Gasteiger partial charge in [-0.2, -0.15) is 0 Å². The number of hydrogen-bond acceptors (Lipinski definition) is 0. The molecule has 1 atom stereocenters. The summed E-state index contributed by atoms with van der Waals surface area (Å²) in [4.78, 5) is 3.14. The molecule has 0 heterocycles. The topological polar surface area (TPSA) is 4.36 Å². The second kappa shape index (κ2) is 4.61. The molecule has 0 aliphatic rings. The molecule has 1 rings (SSSR count). The van der Waals surface area contributed by atoms with E-state index in [0.717, 1.165) is 5.56 Å². The van der Waals surface area contributed by atoms with E-state index in [9.17, 15) is 4.39 Å². The molecule has 0 bridgehead atoms. The molecule has 0 aromatic heterocycles. The Morgan fingerprint density at radius 3 is 2.77 bits per heavy atom. The van der Waals surface area contributed by atoms with Gasteiger partial charge >= 0.3 is 0 Å². The van der Waals surface area contributed by atoms with Crippen molar-refractivity contribution in [3.05, 3.63) is 46.8 Å². The maximum atomic E-state index is 13.4. The van der Waals surface area contributed by atoms with Crippen LogP contribution in [0.5, 0.6) is 0 Å². The lowest BCUT2D eigenvalue weighted by molar-refractivity contribution is 0.331. The Balaban J connectivity index is 2.72. The average molecular weight is 177 g/mol. The number of aryl methyl sites for hydroxylation is 1. The molecule has 0 amide bonds. The van der Waals surface area contributed by atoms with Crippen LogP contribution >= 0.6 is 0 Å². The standard InChI is InChI=1S/C11H12FN/c1-9-5-3-4-6-10(9)11(12)7-8-13-2/h3-6,11H,7-8H2,1H3. The number of rotatable bonds is 3. The van der Waals surface area contributed by atoms with Crippen molar-refractivity contribution in [1.82, 2.24) is 0 Å². The molecule has 0 fully saturated rings. The summed E-state index contributed by atoms with van der Waals surface area (Å²) < 4.78 is 13.4. The van der Waals surface area contributed by atoms with Crippen LogP contribution in [0, 0.1) is 13.5 Å². The number of halogens is 1. The lowest BCUT2D eigenvalue weighted by atomic mass is 10.0. The van der Waals surface area contributed by atoms with E-state index in [0.29, 0.717) is 12.0 Å². The Morgan fingerprint density at radius 2 is 2.15 bits per heavy atom. The molecule has 0 N–H and O–H groups in total. The summed E-state index contributed by atoms with van der Waals surface area (Å²) in [6.07, 6.45) is -0.691. The van der Waals surface area contributed by atoms with Gasteiger partial charge in [0.15, 0.2) is 0 Å². The minimum absolute atomic E-state index is 0.259. The molecule has 1 unspecified atom stereocenters. The van der Waals surface area contributed by atoms with Crippen LogP contribution in [0.3, 0.4) is 0 Å². The number of alkyl halides is 1. The number of hydrogen-bond donors (Lipinski definition) is 0. The summed E-state index contributed by atoms with van der Waals surface area (Å²) >= 11 is 0. The fourth-order valence-corrected chi connectivity index (χ4v) is 1.27. The minimum Gasteiger partial charge on any atom is -0.317 e. The SMILES string of the molecule is [C-]#[N+]CCC(F)c1ccccc1C. The lowest BCUT2D eigenvalue weighted by Gasteiger charge is -2.07. The fourth-order valence-electron chi connectivity index (χ4n) is 1.27. The fraction of sp³-hybridized carbons (Fsp3) is 0.364. The number of nitrogens with zero attached hydrogens (tertiary/aromatic N) is 1. The van der Waals surface area contributed by atoms with Gasteiger partial charge in [-0.15, -0.1) is 0 Å². The van der Waals surface area contributed by atoms with E-state index in [1.165, 1.54) is 0 Å². The largest absolute Gasteiger partial charge is 0.317 e. The van der Waals surface area contributed by atoms with Gasteiger partial charge in [0.25, 0.3) is 0 Å². The Bertz CT molecular complexity index is 314. The Morgan fingerprint density at radius 1 is 1.46 bits per heavy atom. The van der Waals surface area contributed by atoms with Crippen molar-refractivity contribution in [2.45, 2.75) is 19.5 Å². The van der Waals surface area contributed by atoms with Gasteiger partial charge in [-0.3, -0.25) is 0 Å². The normalized spacial score (nSPS) is 12.1. The second-order valence-electron chi connectivity index (χ2n) is 2.99. The highest BCUT2D eigenvalue weighted by atomic mass is 19.1. The Hall–Kier alpha value is -1.36. The summed E-state index contributed by atoms with van der Waals surface area (Å²) in [7, 11) is 0. The zero-order chi connectivity index (χ0) is 9.68. The van der Waals surface area contributed by atoms with Crippen molar-refractivity contribution in [1.29, 1.82) is 0 Å². The third-order valence-electron chi connectivity index (χ3n) is 2.02. The van der Waals surface area contributed by atoms with Gasteiger partial charge in [0, 0.05) is 0 Å². The molecule has 1 nitrogen and oxygen atoms in total. The molecule has 0 aliphatic carbocycles. The monoisotopic (exact) mass is 177 g/mol. The summed E-state index contributed by atoms with van der Waals surface area (Å²) in [6, 6.07) is 7.39. The predicted molar refractivity (Wildman–Crippen MR) is 51.1 cm³/mol. The molecule has 1 aromatic carbocycles. The van der Waals surface area contributed by atoms with Crippen LogP contribution in [-0.2, 0) is 0 Å². The van der Waals surface area contributed by atoms with Crippen LogP contribution in [0.15, 0.2) is 24.3 Å². The third-order valence-corrected chi connectivity index (χ3v) is 2.02. The Kier molecular flexibility index (Phi) is 3.45. The van der Waals surface area contributed by atoms with E-state index < -0.39 is 6.17 Å². The molecule has 0 radical (unpaired) electrons. The maximum absolute atomic E-state index is 13.4. The number of benzene rings is 1. The summed E-state index contributed by atoms with van der Waals surface area (Å²) in [5, 5.41) is 0. The zero-order valence-corrected chi connectivity index (χ0v) is 7.63. The average Bonchev–Trinajstić information content (AvgIpc) is 2.15. The van der Waals surface area contributed by atoms with Gasteiger partial charge in [0.05, 0.1) is 6.42 Å². The molecular formula is C11H12FN. The van der Waals surface area contributed by atoms with Crippen LogP contribution in [0.2, 0.25) is 0 Å². The molecule has 0 aliphatic heterocycles. The first-order valence-corrected chi connectivity index (χ1v) is 4.28. The van der Waals surface area contributed by atoms with Crippen LogP contribution in [0.25, 0.3) is 4.85 Å². The van der Waals surface area contributed by atoms with Crippen molar-refractivity contribution in [3.8, 4) is 0 Å². The summed E-state index contributed by atoms with van der Waals surface area (Å²) in [5.74, 6) is 0. The van der Waals surface area contributed by atoms with Crippen molar-refractivity contribution < 1.29 is 4.39 Å². The van der Waals surface area contributed by atoms with Crippen LogP contribution in [0.4, 0.5) is 4.39 Å². The van der Waals surface area contributed by atoms with Gasteiger partial charge in [-0.1, -0.05) is 24.3 Å². The zero-order valence-electron chi connectivity index (χ0n) is 7.63. The van der Waals surface area contributed by atoms with E-state index in [-0.39, 0.29) is 6.54 Å². The van der Waals surface area contributed by atoms with E-state index in [2.05, 4.69) is 4.85 Å². The Labute approximate surface area is 78.0 Å². The van der Waals surface area contributed by atoms with Crippen LogP contribution in [0.1, 0.15) is 23.7 Å². The third kappa shape index (κ3) is 2.55. The van der Waals surface area contributed by atoms with Crippen LogP contribution in [-0.4, -0.2) is 6.54 Å². The highest BCUT2D eigenvalue weighted by Gasteiger charge is 2.12. The van der Waals surface area contributed by atoms with Gasteiger partial charge in [-0.25, -0.2) is 11.0 Å². The highest BCUT2D eigenvalue weighted by Crippen LogP contribution is 2.23. The molecule has 1 aromatic rings. The van der Waals surface area contributed by atoms with Crippen molar-refractivity contribution in [3.63, 3.8) is 0 Å². The molecule has 13 heavy (non-hydrogen) atoms. The van der Waals surface area contributed by atoms with Gasteiger partial charge in [0.2, 0.25) is 6.54 Å². The molecule has 2 heteroatoms. The maximum Gasteiger partial charge on any atom is 0.217 e. The van der Waals surface area contributed by atoms with Gasteiger partial charge in [-0.05, 0) is 18.1 Å². The molecular weight excluding hydrogens is 165 g/mol. The van der Waals surface area contributed by atoms with E-state index in [4.69, 9.17) is 6.57 Å². The van der Waals surface area contributed by atoms with E-state index in [1.54, 1.807) is 6.07 Å². The smallest absolute Gasteiger partial charge is 0.217 e. The first-order chi connectivity index (χ1) is 6.25. The van der Waals surface area contributed by atoms with Crippen molar-refractivity contribution in [2.75, 3.05) is 6.54 Å². The molecule has 0 spiro atoms. The lowest BCUT2D eigenvalue weighted by Crippen LogP contribution is -1.96. The molecule has 0 saturated heterocycles.